The highest BCUT2D eigenvalue weighted by Crippen LogP contribution is 1.96. The van der Waals surface area contributed by atoms with E-state index in [1.807, 2.05) is 0 Å². The van der Waals surface area contributed by atoms with Crippen LogP contribution in [0.15, 0.2) is 15.7 Å². The molecule has 1 aromatic rings. The van der Waals surface area contributed by atoms with Gasteiger partial charge < -0.3 is 0 Å². The molecule has 54 valence electrons. The van der Waals surface area contributed by atoms with Gasteiger partial charge in [-0.25, -0.2) is 0 Å². The molecule has 0 radical (unpaired) electrons. The van der Waals surface area contributed by atoms with Crippen LogP contribution in [-0.4, -0.2) is 0 Å². The molecule has 0 aliphatic rings. The van der Waals surface area contributed by atoms with Crippen LogP contribution in [0, 0.1) is 0 Å². The third kappa shape index (κ3) is 1.15. The van der Waals surface area contributed by atoms with Crippen LogP contribution in [0.1, 0.15) is 25.3 Å². The lowest BCUT2D eigenvalue weighted by molar-refractivity contribution is 0.785. The van der Waals surface area contributed by atoms with E-state index in [4.69, 9.17) is 0 Å². The fourth-order valence-corrected chi connectivity index (χ4v) is 0.923. The average molecular weight is 138 g/mol. The van der Waals surface area contributed by atoms with E-state index in [1.165, 1.54) is 6.07 Å². The van der Waals surface area contributed by atoms with E-state index < -0.39 is 0 Å². The summed E-state index contributed by atoms with van der Waals surface area (Å²) in [6.07, 6.45) is 2.85. The zero-order valence-electron chi connectivity index (χ0n) is 6.02. The van der Waals surface area contributed by atoms with Crippen LogP contribution in [-0.2, 0) is 6.42 Å². The molecule has 0 aromatic heterocycles. The minimum Gasteiger partial charge on any atom is -0.286 e. The van der Waals surface area contributed by atoms with Gasteiger partial charge >= 0.3 is 0 Å². The Morgan fingerprint density at radius 2 is 2.10 bits per heavy atom. The second-order valence-corrected chi connectivity index (χ2v) is 2.47. The van der Waals surface area contributed by atoms with Gasteiger partial charge in [0, 0.05) is 5.56 Å². The number of unbranched alkanes of at least 4 members (excludes halogenated alkanes) is 1. The van der Waals surface area contributed by atoms with E-state index in [9.17, 15) is 9.59 Å². The van der Waals surface area contributed by atoms with Crippen molar-refractivity contribution >= 4 is 0 Å². The van der Waals surface area contributed by atoms with Crippen LogP contribution < -0.4 is 10.9 Å². The lowest BCUT2D eigenvalue weighted by Gasteiger charge is -1.97. The van der Waals surface area contributed by atoms with Crippen LogP contribution in [0.3, 0.4) is 0 Å². The summed E-state index contributed by atoms with van der Waals surface area (Å²) in [4.78, 5) is 21.0. The molecule has 2 heteroatoms. The van der Waals surface area contributed by atoms with Crippen molar-refractivity contribution in [2.75, 3.05) is 0 Å². The first-order chi connectivity index (χ1) is 4.75. The first-order valence-corrected chi connectivity index (χ1v) is 3.55. The highest BCUT2D eigenvalue weighted by atomic mass is 16.2. The smallest absolute Gasteiger partial charge is 0.229 e. The van der Waals surface area contributed by atoms with E-state index in [1.54, 1.807) is 0 Å². The normalized spacial score (nSPS) is 10.5. The molecule has 0 saturated carbocycles. The second-order valence-electron chi connectivity index (χ2n) is 2.47. The van der Waals surface area contributed by atoms with E-state index in [2.05, 4.69) is 6.92 Å². The molecular weight excluding hydrogens is 128 g/mol. The average Bonchev–Trinajstić information content (AvgIpc) is 1.97. The Morgan fingerprint density at radius 1 is 1.40 bits per heavy atom. The summed E-state index contributed by atoms with van der Waals surface area (Å²) in [7, 11) is 0. The molecule has 1 aromatic carbocycles. The molecule has 0 N–H and O–H groups in total. The monoisotopic (exact) mass is 138 g/mol. The largest absolute Gasteiger partial charge is 0.286 e. The predicted molar refractivity (Wildman–Crippen MR) is 40.0 cm³/mol. The Kier molecular flexibility index (Phi) is 2.00. The van der Waals surface area contributed by atoms with Gasteiger partial charge in [0.2, 0.25) is 10.9 Å². The van der Waals surface area contributed by atoms with Crippen LogP contribution >= 0.6 is 0 Å². The summed E-state index contributed by atoms with van der Waals surface area (Å²) in [6, 6.07) is 1.44. The third-order valence-electron chi connectivity index (χ3n) is 1.62. The van der Waals surface area contributed by atoms with Crippen LogP contribution in [0.2, 0.25) is 0 Å². The molecule has 0 atom stereocenters. The van der Waals surface area contributed by atoms with Crippen molar-refractivity contribution < 1.29 is 0 Å². The third-order valence-corrected chi connectivity index (χ3v) is 1.62. The SMILES string of the molecule is CCCCc1cc(=O)c1=O. The second kappa shape index (κ2) is 2.78. The lowest BCUT2D eigenvalue weighted by Crippen LogP contribution is -2.33. The Morgan fingerprint density at radius 3 is 2.50 bits per heavy atom. The lowest BCUT2D eigenvalue weighted by atomic mass is 10.1. The molecule has 0 amide bonds. The highest BCUT2D eigenvalue weighted by molar-refractivity contribution is 5.19. The predicted octanol–water partition coefficient (Wildman–Crippen LogP) is 0.625. The molecule has 0 saturated heterocycles. The Balaban J connectivity index is 2.55. The van der Waals surface area contributed by atoms with Gasteiger partial charge in [-0.15, -0.1) is 0 Å². The zero-order chi connectivity index (χ0) is 7.56. The van der Waals surface area contributed by atoms with Crippen molar-refractivity contribution in [3.8, 4) is 0 Å². The van der Waals surface area contributed by atoms with E-state index >= 15 is 0 Å². The quantitative estimate of drug-likeness (QED) is 0.574. The Labute approximate surface area is 59.2 Å². The van der Waals surface area contributed by atoms with Crippen LogP contribution in [0.4, 0.5) is 0 Å². The van der Waals surface area contributed by atoms with Gasteiger partial charge in [0.05, 0.1) is 0 Å². The topological polar surface area (TPSA) is 34.1 Å². The van der Waals surface area contributed by atoms with Gasteiger partial charge in [0.15, 0.2) is 0 Å². The Bertz CT molecular complexity index is 279. The molecule has 10 heavy (non-hydrogen) atoms. The maximum absolute atomic E-state index is 10.6. The van der Waals surface area contributed by atoms with Crippen LogP contribution in [0.5, 0.6) is 0 Å². The zero-order valence-corrected chi connectivity index (χ0v) is 6.02. The van der Waals surface area contributed by atoms with E-state index in [0.29, 0.717) is 5.56 Å². The van der Waals surface area contributed by atoms with Gasteiger partial charge in [-0.3, -0.25) is 9.59 Å². The van der Waals surface area contributed by atoms with Crippen molar-refractivity contribution in [3.63, 3.8) is 0 Å². The standard InChI is InChI=1S/C8H10O2/c1-2-3-4-6-5-7(9)8(6)10/h5H,2-4H2,1H3. The summed E-state index contributed by atoms with van der Waals surface area (Å²) in [5, 5.41) is 0. The first kappa shape index (κ1) is 7.19. The summed E-state index contributed by atoms with van der Waals surface area (Å²) in [5.74, 6) is 0. The molecule has 0 aliphatic carbocycles. The summed E-state index contributed by atoms with van der Waals surface area (Å²) < 4.78 is 0. The summed E-state index contributed by atoms with van der Waals surface area (Å²) in [6.45, 7) is 2.06. The van der Waals surface area contributed by atoms with Gasteiger partial charge in [-0.2, -0.15) is 0 Å². The van der Waals surface area contributed by atoms with Crippen molar-refractivity contribution in [1.29, 1.82) is 0 Å². The molecule has 0 spiro atoms. The van der Waals surface area contributed by atoms with Gasteiger partial charge in [0.25, 0.3) is 0 Å². The van der Waals surface area contributed by atoms with Crippen molar-refractivity contribution in [1.82, 2.24) is 0 Å². The van der Waals surface area contributed by atoms with Gasteiger partial charge in [0.1, 0.15) is 0 Å². The molecule has 1 rings (SSSR count). The summed E-state index contributed by atoms with van der Waals surface area (Å²) >= 11 is 0. The molecule has 2 nitrogen and oxygen atoms in total. The van der Waals surface area contributed by atoms with Crippen molar-refractivity contribution in [2.45, 2.75) is 26.2 Å². The molecule has 0 heterocycles. The number of aryl methyl sites for hydroxylation is 1. The molecule has 0 aliphatic heterocycles. The summed E-state index contributed by atoms with van der Waals surface area (Å²) in [5.41, 5.74) is 0.117. The number of hydrogen-bond acceptors (Lipinski definition) is 2. The first-order valence-electron chi connectivity index (χ1n) is 3.55. The van der Waals surface area contributed by atoms with Crippen molar-refractivity contribution in [3.05, 3.63) is 32.1 Å². The highest BCUT2D eigenvalue weighted by Gasteiger charge is 2.06. The van der Waals surface area contributed by atoms with Gasteiger partial charge in [-0.05, 0) is 18.9 Å². The molecule has 0 unspecified atom stereocenters. The van der Waals surface area contributed by atoms with Gasteiger partial charge in [-0.1, -0.05) is 13.3 Å². The fourth-order valence-electron chi connectivity index (χ4n) is 0.923. The Hall–Kier alpha value is -0.920. The maximum atomic E-state index is 10.6. The van der Waals surface area contributed by atoms with Crippen molar-refractivity contribution in [2.24, 2.45) is 0 Å². The minimum atomic E-state index is -0.328. The van der Waals surface area contributed by atoms with E-state index in [0.717, 1.165) is 19.3 Å². The molecule has 0 bridgehead atoms. The fraction of sp³-hybridized carbons (Fsp3) is 0.500. The number of hydrogen-bond donors (Lipinski definition) is 0. The molecule has 0 fully saturated rings. The molecular formula is C8H10O2. The minimum absolute atomic E-state index is 0.270. The van der Waals surface area contributed by atoms with Crippen LogP contribution in [0.25, 0.3) is 0 Å². The number of rotatable bonds is 3. The maximum Gasteiger partial charge on any atom is 0.229 e. The van der Waals surface area contributed by atoms with E-state index in [-0.39, 0.29) is 10.9 Å².